The number of ether oxygens (including phenoxy) is 1. The first-order chi connectivity index (χ1) is 11.3. The van der Waals surface area contributed by atoms with E-state index in [1.165, 1.54) is 0 Å². The Morgan fingerprint density at radius 2 is 2.04 bits per heavy atom. The lowest BCUT2D eigenvalue weighted by atomic mass is 9.77. The lowest BCUT2D eigenvalue weighted by Gasteiger charge is -2.44. The summed E-state index contributed by atoms with van der Waals surface area (Å²) < 4.78 is 5.46. The van der Waals surface area contributed by atoms with Crippen molar-refractivity contribution in [3.05, 3.63) is 18.6 Å². The van der Waals surface area contributed by atoms with Crippen LogP contribution in [0.15, 0.2) is 18.6 Å². The number of anilines is 1. The van der Waals surface area contributed by atoms with Gasteiger partial charge in [-0.2, -0.15) is 0 Å². The predicted molar refractivity (Wildman–Crippen MR) is 86.1 cm³/mol. The van der Waals surface area contributed by atoms with Gasteiger partial charge >= 0.3 is 0 Å². The molecule has 3 aliphatic rings. The molecule has 124 valence electrons. The van der Waals surface area contributed by atoms with Gasteiger partial charge in [-0.05, 0) is 32.1 Å². The molecule has 0 aromatic carbocycles. The topological polar surface area (TPSA) is 58.6 Å². The third-order valence-electron chi connectivity index (χ3n) is 5.63. The van der Waals surface area contributed by atoms with Crippen LogP contribution >= 0.6 is 0 Å². The summed E-state index contributed by atoms with van der Waals surface area (Å²) in [5.41, 5.74) is -0.214. The molecule has 0 bridgehead atoms. The number of likely N-dealkylation sites (tertiary alicyclic amines) is 1. The molecule has 6 nitrogen and oxygen atoms in total. The number of carbonyl (C=O) groups is 1. The second kappa shape index (κ2) is 6.07. The van der Waals surface area contributed by atoms with Crippen LogP contribution in [0.5, 0.6) is 0 Å². The molecule has 1 atom stereocenters. The third-order valence-corrected chi connectivity index (χ3v) is 5.63. The number of piperidine rings is 1. The van der Waals surface area contributed by atoms with Gasteiger partial charge in [-0.25, -0.2) is 4.98 Å². The smallest absolute Gasteiger partial charge is 0.230 e. The zero-order chi connectivity index (χ0) is 15.7. The van der Waals surface area contributed by atoms with Crippen LogP contribution in [0.1, 0.15) is 32.1 Å². The fraction of sp³-hybridized carbons (Fsp3) is 0.706. The van der Waals surface area contributed by atoms with Crippen molar-refractivity contribution >= 4 is 11.7 Å². The molecule has 3 fully saturated rings. The number of carbonyl (C=O) groups excluding carboxylic acids is 1. The van der Waals surface area contributed by atoms with Crippen molar-refractivity contribution in [3.63, 3.8) is 0 Å². The molecule has 6 heteroatoms. The van der Waals surface area contributed by atoms with E-state index in [9.17, 15) is 4.79 Å². The van der Waals surface area contributed by atoms with Crippen molar-refractivity contribution < 1.29 is 9.53 Å². The zero-order valence-corrected chi connectivity index (χ0v) is 13.5. The minimum atomic E-state index is -0.214. The Morgan fingerprint density at radius 1 is 1.17 bits per heavy atom. The summed E-state index contributed by atoms with van der Waals surface area (Å²) in [6.07, 6.45) is 10.2. The summed E-state index contributed by atoms with van der Waals surface area (Å²) in [4.78, 5) is 26.2. The Labute approximate surface area is 136 Å². The summed E-state index contributed by atoms with van der Waals surface area (Å²) in [5, 5.41) is 0. The van der Waals surface area contributed by atoms with E-state index >= 15 is 0 Å². The SMILES string of the molecule is O=C1N(C2CCOCC2)CCC[C@]12CCN(c1cnccn1)C2. The molecule has 1 amide bonds. The molecule has 0 aliphatic carbocycles. The van der Waals surface area contributed by atoms with Crippen LogP contribution in [-0.2, 0) is 9.53 Å². The second-order valence-electron chi connectivity index (χ2n) is 6.96. The van der Waals surface area contributed by atoms with Crippen molar-refractivity contribution in [3.8, 4) is 0 Å². The van der Waals surface area contributed by atoms with Gasteiger partial charge in [-0.1, -0.05) is 0 Å². The first-order valence-corrected chi connectivity index (χ1v) is 8.68. The normalized spacial score (nSPS) is 29.5. The number of hydrogen-bond donors (Lipinski definition) is 0. The quantitative estimate of drug-likeness (QED) is 0.827. The first-order valence-electron chi connectivity index (χ1n) is 8.68. The van der Waals surface area contributed by atoms with E-state index in [1.807, 2.05) is 0 Å². The van der Waals surface area contributed by atoms with Gasteiger partial charge in [0.05, 0.1) is 11.6 Å². The van der Waals surface area contributed by atoms with Crippen LogP contribution in [0.25, 0.3) is 0 Å². The van der Waals surface area contributed by atoms with Gasteiger partial charge in [0.1, 0.15) is 5.82 Å². The molecular weight excluding hydrogens is 292 g/mol. The maximum absolute atomic E-state index is 13.2. The lowest BCUT2D eigenvalue weighted by molar-refractivity contribution is -0.149. The van der Waals surface area contributed by atoms with Crippen molar-refractivity contribution in [1.29, 1.82) is 0 Å². The predicted octanol–water partition coefficient (Wildman–Crippen LogP) is 1.47. The molecular formula is C17H24N4O2. The van der Waals surface area contributed by atoms with Crippen LogP contribution in [0.2, 0.25) is 0 Å². The van der Waals surface area contributed by atoms with Gasteiger partial charge in [0.2, 0.25) is 5.91 Å². The lowest BCUT2D eigenvalue weighted by Crippen LogP contribution is -2.54. The average molecular weight is 316 g/mol. The molecule has 0 unspecified atom stereocenters. The summed E-state index contributed by atoms with van der Waals surface area (Å²) in [7, 11) is 0. The van der Waals surface area contributed by atoms with Gasteiger partial charge in [0.25, 0.3) is 0 Å². The highest BCUT2D eigenvalue weighted by Crippen LogP contribution is 2.42. The highest BCUT2D eigenvalue weighted by atomic mass is 16.5. The Morgan fingerprint density at radius 3 is 2.83 bits per heavy atom. The van der Waals surface area contributed by atoms with E-state index in [-0.39, 0.29) is 5.41 Å². The molecule has 4 rings (SSSR count). The Kier molecular flexibility index (Phi) is 3.93. The maximum Gasteiger partial charge on any atom is 0.230 e. The summed E-state index contributed by atoms with van der Waals surface area (Å²) >= 11 is 0. The standard InChI is InChI=1S/C17H24N4O2/c22-16-17(4-1-8-21(16)14-2-10-23-11-3-14)5-9-20(13-17)15-12-18-6-7-19-15/h6-7,12,14H,1-5,8-11,13H2/t17-/m1/s1. The van der Waals surface area contributed by atoms with Crippen molar-refractivity contribution in [2.45, 2.75) is 38.1 Å². The fourth-order valence-electron chi connectivity index (χ4n) is 4.35. The Balaban J connectivity index is 1.50. The molecule has 4 heterocycles. The molecule has 0 saturated carbocycles. The molecule has 23 heavy (non-hydrogen) atoms. The first kappa shape index (κ1) is 14.9. The van der Waals surface area contributed by atoms with E-state index in [1.54, 1.807) is 18.6 Å². The molecule has 0 radical (unpaired) electrons. The monoisotopic (exact) mass is 316 g/mol. The van der Waals surface area contributed by atoms with E-state index < -0.39 is 0 Å². The molecule has 1 aromatic rings. The van der Waals surface area contributed by atoms with E-state index in [4.69, 9.17) is 4.74 Å². The molecule has 3 saturated heterocycles. The molecule has 0 N–H and O–H groups in total. The van der Waals surface area contributed by atoms with Gasteiger partial charge in [0.15, 0.2) is 0 Å². The highest BCUT2D eigenvalue weighted by Gasteiger charge is 2.49. The van der Waals surface area contributed by atoms with Crippen LogP contribution in [0.3, 0.4) is 0 Å². The van der Waals surface area contributed by atoms with Crippen molar-refractivity contribution in [1.82, 2.24) is 14.9 Å². The number of nitrogens with zero attached hydrogens (tertiary/aromatic N) is 4. The summed E-state index contributed by atoms with van der Waals surface area (Å²) in [6.45, 7) is 4.16. The van der Waals surface area contributed by atoms with Crippen LogP contribution < -0.4 is 4.90 Å². The van der Waals surface area contributed by atoms with E-state index in [2.05, 4.69) is 19.8 Å². The number of amides is 1. The Bertz CT molecular complexity index is 561. The van der Waals surface area contributed by atoms with Crippen LogP contribution in [0.4, 0.5) is 5.82 Å². The minimum Gasteiger partial charge on any atom is -0.381 e. The largest absolute Gasteiger partial charge is 0.381 e. The van der Waals surface area contributed by atoms with Crippen LogP contribution in [0, 0.1) is 5.41 Å². The zero-order valence-electron chi connectivity index (χ0n) is 13.5. The van der Waals surface area contributed by atoms with Crippen molar-refractivity contribution in [2.75, 3.05) is 37.7 Å². The maximum atomic E-state index is 13.2. The average Bonchev–Trinajstić information content (AvgIpc) is 3.04. The summed E-state index contributed by atoms with van der Waals surface area (Å²) in [5.74, 6) is 1.25. The fourth-order valence-corrected chi connectivity index (χ4v) is 4.35. The highest BCUT2D eigenvalue weighted by molar-refractivity contribution is 5.85. The van der Waals surface area contributed by atoms with Gasteiger partial charge < -0.3 is 14.5 Å². The number of rotatable bonds is 2. The second-order valence-corrected chi connectivity index (χ2v) is 6.96. The van der Waals surface area contributed by atoms with Gasteiger partial charge in [-0.15, -0.1) is 0 Å². The molecule has 3 aliphatic heterocycles. The number of hydrogen-bond acceptors (Lipinski definition) is 5. The summed E-state index contributed by atoms with van der Waals surface area (Å²) in [6, 6.07) is 0.374. The minimum absolute atomic E-state index is 0.214. The van der Waals surface area contributed by atoms with Gasteiger partial charge in [0, 0.05) is 51.3 Å². The molecule has 1 spiro atoms. The van der Waals surface area contributed by atoms with Crippen molar-refractivity contribution in [2.24, 2.45) is 5.41 Å². The van der Waals surface area contributed by atoms with Gasteiger partial charge in [-0.3, -0.25) is 9.78 Å². The van der Waals surface area contributed by atoms with Crippen LogP contribution in [-0.4, -0.2) is 59.7 Å². The third kappa shape index (κ3) is 2.69. The Hall–Kier alpha value is -1.69. The van der Waals surface area contributed by atoms with E-state index in [0.29, 0.717) is 11.9 Å². The van der Waals surface area contributed by atoms with E-state index in [0.717, 1.165) is 70.8 Å². The number of aromatic nitrogens is 2. The molecule has 1 aromatic heterocycles.